The van der Waals surface area contributed by atoms with Crippen molar-refractivity contribution in [2.45, 2.75) is 33.6 Å². The average molecular weight is 203 g/mol. The Bertz CT molecular complexity index is 457. The number of rotatable bonds is 3. The largest absolute Gasteiger partial charge is 0.341 e. The summed E-state index contributed by atoms with van der Waals surface area (Å²) in [6, 6.07) is 4.05. The molecule has 0 atom stereocenters. The highest BCUT2D eigenvalue weighted by atomic mass is 15.0. The maximum atomic E-state index is 4.48. The number of nitrogens with zero attached hydrogens (tertiary/aromatic N) is 2. The maximum Gasteiger partial charge on any atom is 0.177 e. The van der Waals surface area contributed by atoms with Gasteiger partial charge in [-0.25, -0.2) is 9.97 Å². The van der Waals surface area contributed by atoms with Gasteiger partial charge in [-0.1, -0.05) is 13.8 Å². The van der Waals surface area contributed by atoms with Gasteiger partial charge < -0.3 is 4.98 Å². The van der Waals surface area contributed by atoms with Crippen LogP contribution < -0.4 is 0 Å². The summed E-state index contributed by atoms with van der Waals surface area (Å²) in [4.78, 5) is 12.2. The van der Waals surface area contributed by atoms with Crippen molar-refractivity contribution in [3.05, 3.63) is 23.7 Å². The van der Waals surface area contributed by atoms with Crippen molar-refractivity contribution in [3.8, 4) is 0 Å². The molecule has 3 heteroatoms. The van der Waals surface area contributed by atoms with Crippen LogP contribution in [0.3, 0.4) is 0 Å². The molecule has 0 unspecified atom stereocenters. The number of hydrogen-bond donors (Lipinski definition) is 1. The molecule has 0 saturated heterocycles. The van der Waals surface area contributed by atoms with E-state index in [1.807, 2.05) is 19.1 Å². The van der Waals surface area contributed by atoms with E-state index in [9.17, 15) is 0 Å². The molecule has 2 aromatic heterocycles. The molecule has 0 fully saturated rings. The van der Waals surface area contributed by atoms with E-state index >= 15 is 0 Å². The Hall–Kier alpha value is -1.38. The number of aryl methyl sites for hydroxylation is 2. The van der Waals surface area contributed by atoms with Crippen LogP contribution in [0.4, 0.5) is 0 Å². The van der Waals surface area contributed by atoms with Crippen molar-refractivity contribution in [1.82, 2.24) is 15.0 Å². The zero-order valence-corrected chi connectivity index (χ0v) is 9.54. The van der Waals surface area contributed by atoms with Crippen LogP contribution >= 0.6 is 0 Å². The van der Waals surface area contributed by atoms with Gasteiger partial charge in [0.15, 0.2) is 5.65 Å². The smallest absolute Gasteiger partial charge is 0.177 e. The molecule has 0 saturated carbocycles. The first-order valence-corrected chi connectivity index (χ1v) is 5.47. The van der Waals surface area contributed by atoms with Crippen LogP contribution in [0.2, 0.25) is 0 Å². The molecular formula is C12H17N3. The van der Waals surface area contributed by atoms with Gasteiger partial charge in [0.1, 0.15) is 5.82 Å². The normalized spacial score (nSPS) is 11.5. The fourth-order valence-corrected chi connectivity index (χ4v) is 1.58. The van der Waals surface area contributed by atoms with E-state index in [0.29, 0.717) is 5.92 Å². The van der Waals surface area contributed by atoms with E-state index in [0.717, 1.165) is 29.1 Å². The molecule has 2 rings (SSSR count). The second-order valence-corrected chi connectivity index (χ2v) is 4.44. The third-order valence-corrected chi connectivity index (χ3v) is 2.49. The number of nitrogens with one attached hydrogen (secondary N) is 1. The molecule has 0 bridgehead atoms. The monoisotopic (exact) mass is 203 g/mol. The van der Waals surface area contributed by atoms with E-state index in [4.69, 9.17) is 0 Å². The van der Waals surface area contributed by atoms with Crippen LogP contribution in [-0.2, 0) is 6.42 Å². The van der Waals surface area contributed by atoms with Gasteiger partial charge in [0.25, 0.3) is 0 Å². The lowest BCUT2D eigenvalue weighted by molar-refractivity contribution is 0.577. The molecular weight excluding hydrogens is 186 g/mol. The highest BCUT2D eigenvalue weighted by Gasteiger charge is 2.04. The molecule has 0 aromatic carbocycles. The summed E-state index contributed by atoms with van der Waals surface area (Å²) >= 11 is 0. The summed E-state index contributed by atoms with van der Waals surface area (Å²) in [6.45, 7) is 6.44. The topological polar surface area (TPSA) is 41.6 Å². The van der Waals surface area contributed by atoms with Crippen molar-refractivity contribution < 1.29 is 0 Å². The molecule has 15 heavy (non-hydrogen) atoms. The van der Waals surface area contributed by atoms with Crippen molar-refractivity contribution in [3.63, 3.8) is 0 Å². The zero-order chi connectivity index (χ0) is 10.8. The van der Waals surface area contributed by atoms with E-state index in [-0.39, 0.29) is 0 Å². The van der Waals surface area contributed by atoms with Gasteiger partial charge in [0.2, 0.25) is 0 Å². The molecule has 1 N–H and O–H groups in total. The maximum absolute atomic E-state index is 4.48. The van der Waals surface area contributed by atoms with Gasteiger partial charge in [-0.2, -0.15) is 0 Å². The summed E-state index contributed by atoms with van der Waals surface area (Å²) < 4.78 is 0. The van der Waals surface area contributed by atoms with Gasteiger partial charge in [-0.15, -0.1) is 0 Å². The SMILES string of the molecule is Cc1ccc2[nH]c(CCC(C)C)nc2n1. The predicted molar refractivity (Wildman–Crippen MR) is 61.8 cm³/mol. The average Bonchev–Trinajstić information content (AvgIpc) is 2.56. The van der Waals surface area contributed by atoms with E-state index in [2.05, 4.69) is 28.8 Å². The van der Waals surface area contributed by atoms with E-state index < -0.39 is 0 Å². The van der Waals surface area contributed by atoms with Gasteiger partial charge in [-0.3, -0.25) is 0 Å². The molecule has 3 nitrogen and oxygen atoms in total. The van der Waals surface area contributed by atoms with Crippen LogP contribution in [0.1, 0.15) is 31.8 Å². The molecule has 80 valence electrons. The Morgan fingerprint density at radius 3 is 2.80 bits per heavy atom. The van der Waals surface area contributed by atoms with Crippen molar-refractivity contribution in [2.24, 2.45) is 5.92 Å². The van der Waals surface area contributed by atoms with Crippen molar-refractivity contribution in [2.75, 3.05) is 0 Å². The minimum Gasteiger partial charge on any atom is -0.341 e. The standard InChI is InChI=1S/C12H17N3/c1-8(2)4-7-11-14-10-6-5-9(3)13-12(10)15-11/h5-6,8H,4,7H2,1-3H3,(H,13,14,15). The number of hydrogen-bond acceptors (Lipinski definition) is 2. The third kappa shape index (κ3) is 2.35. The summed E-state index contributed by atoms with van der Waals surface area (Å²) in [6.07, 6.45) is 2.17. The molecule has 0 spiro atoms. The fraction of sp³-hybridized carbons (Fsp3) is 0.500. The Morgan fingerprint density at radius 1 is 1.27 bits per heavy atom. The van der Waals surface area contributed by atoms with Gasteiger partial charge in [0.05, 0.1) is 5.52 Å². The van der Waals surface area contributed by atoms with Crippen LogP contribution in [0.25, 0.3) is 11.2 Å². The number of aromatic nitrogens is 3. The molecule has 0 radical (unpaired) electrons. The third-order valence-electron chi connectivity index (χ3n) is 2.49. The summed E-state index contributed by atoms with van der Waals surface area (Å²) in [5.41, 5.74) is 2.90. The first-order chi connectivity index (χ1) is 7.15. The summed E-state index contributed by atoms with van der Waals surface area (Å²) in [5, 5.41) is 0. The first kappa shape index (κ1) is 10.1. The molecule has 0 aliphatic rings. The quantitative estimate of drug-likeness (QED) is 0.833. The molecule has 2 heterocycles. The second kappa shape index (κ2) is 4.01. The number of aromatic amines is 1. The van der Waals surface area contributed by atoms with Crippen LogP contribution in [0, 0.1) is 12.8 Å². The lowest BCUT2D eigenvalue weighted by Crippen LogP contribution is -1.93. The van der Waals surface area contributed by atoms with Crippen LogP contribution in [0.5, 0.6) is 0 Å². The molecule has 0 aliphatic carbocycles. The van der Waals surface area contributed by atoms with E-state index in [1.54, 1.807) is 0 Å². The number of imidazole rings is 1. The van der Waals surface area contributed by atoms with Crippen LogP contribution in [0.15, 0.2) is 12.1 Å². The number of pyridine rings is 1. The van der Waals surface area contributed by atoms with Crippen LogP contribution in [-0.4, -0.2) is 15.0 Å². The van der Waals surface area contributed by atoms with Gasteiger partial charge in [-0.05, 0) is 31.4 Å². The highest BCUT2D eigenvalue weighted by molar-refractivity contribution is 5.70. The Kier molecular flexibility index (Phi) is 2.71. The minimum atomic E-state index is 0.716. The Labute approximate surface area is 90.0 Å². The second-order valence-electron chi connectivity index (χ2n) is 4.44. The molecule has 2 aromatic rings. The molecule has 0 aliphatic heterocycles. The number of fused-ring (bicyclic) bond motifs is 1. The Balaban J connectivity index is 2.23. The molecule has 0 amide bonds. The highest BCUT2D eigenvalue weighted by Crippen LogP contribution is 2.12. The fourth-order valence-electron chi connectivity index (χ4n) is 1.58. The van der Waals surface area contributed by atoms with Gasteiger partial charge in [0, 0.05) is 12.1 Å². The lowest BCUT2D eigenvalue weighted by Gasteiger charge is -2.00. The number of H-pyrrole nitrogens is 1. The Morgan fingerprint density at radius 2 is 2.07 bits per heavy atom. The first-order valence-electron chi connectivity index (χ1n) is 5.47. The lowest BCUT2D eigenvalue weighted by atomic mass is 10.1. The predicted octanol–water partition coefficient (Wildman–Crippen LogP) is 2.85. The van der Waals surface area contributed by atoms with Crippen molar-refractivity contribution in [1.29, 1.82) is 0 Å². The van der Waals surface area contributed by atoms with Crippen molar-refractivity contribution >= 4 is 11.2 Å². The van der Waals surface area contributed by atoms with Gasteiger partial charge >= 0.3 is 0 Å². The summed E-state index contributed by atoms with van der Waals surface area (Å²) in [5.74, 6) is 1.77. The minimum absolute atomic E-state index is 0.716. The zero-order valence-electron chi connectivity index (χ0n) is 9.54. The van der Waals surface area contributed by atoms with E-state index in [1.165, 1.54) is 6.42 Å². The summed E-state index contributed by atoms with van der Waals surface area (Å²) in [7, 11) is 0.